The monoisotopic (exact) mass is 332 g/mol. The van der Waals surface area contributed by atoms with Crippen molar-refractivity contribution in [3.8, 4) is 0 Å². The zero-order valence-electron chi connectivity index (χ0n) is 9.71. The molecule has 0 aromatic heterocycles. The summed E-state index contributed by atoms with van der Waals surface area (Å²) < 4.78 is 0.887. The molecule has 2 nitrogen and oxygen atoms in total. The molecule has 0 fully saturated rings. The fourth-order valence-electron chi connectivity index (χ4n) is 1.52. The van der Waals surface area contributed by atoms with Crippen molar-refractivity contribution in [3.05, 3.63) is 27.7 Å². The van der Waals surface area contributed by atoms with Crippen molar-refractivity contribution < 1.29 is 0 Å². The van der Waals surface area contributed by atoms with E-state index in [2.05, 4.69) is 40.1 Å². The normalized spacial score (nSPS) is 19.6. The lowest BCUT2D eigenvalue weighted by molar-refractivity contribution is 0.621. The molecule has 0 saturated heterocycles. The second kappa shape index (κ2) is 5.63. The summed E-state index contributed by atoms with van der Waals surface area (Å²) in [6.07, 6.45) is 0. The van der Waals surface area contributed by atoms with E-state index in [4.69, 9.17) is 11.6 Å². The SMILES string of the molecule is CC(C)C1CN=C(Nc2cccc(Cl)c2Br)S1. The molecule has 0 radical (unpaired) electrons. The van der Waals surface area contributed by atoms with E-state index < -0.39 is 0 Å². The van der Waals surface area contributed by atoms with Gasteiger partial charge in [-0.25, -0.2) is 0 Å². The highest BCUT2D eigenvalue weighted by Crippen LogP contribution is 2.33. The molecule has 17 heavy (non-hydrogen) atoms. The summed E-state index contributed by atoms with van der Waals surface area (Å²) in [6.45, 7) is 5.35. The minimum absolute atomic E-state index is 0.579. The fraction of sp³-hybridized carbons (Fsp3) is 0.417. The number of rotatable bonds is 2. The number of nitrogens with one attached hydrogen (secondary N) is 1. The summed E-state index contributed by atoms with van der Waals surface area (Å²) >= 11 is 11.3. The topological polar surface area (TPSA) is 24.4 Å². The summed E-state index contributed by atoms with van der Waals surface area (Å²) in [5.41, 5.74) is 0.966. The van der Waals surface area contributed by atoms with Gasteiger partial charge in [0.05, 0.1) is 21.7 Å². The Morgan fingerprint density at radius 1 is 1.53 bits per heavy atom. The molecule has 0 spiro atoms. The molecule has 1 heterocycles. The first-order valence-electron chi connectivity index (χ1n) is 5.50. The van der Waals surface area contributed by atoms with Gasteiger partial charge in [0.1, 0.15) is 0 Å². The lowest BCUT2D eigenvalue weighted by Gasteiger charge is -2.13. The predicted molar refractivity (Wildman–Crippen MR) is 81.3 cm³/mol. The minimum Gasteiger partial charge on any atom is -0.334 e. The summed E-state index contributed by atoms with van der Waals surface area (Å²) in [6, 6.07) is 5.77. The van der Waals surface area contributed by atoms with Crippen molar-refractivity contribution in [2.45, 2.75) is 19.1 Å². The maximum atomic E-state index is 6.04. The molecular formula is C12H14BrClN2S. The van der Waals surface area contributed by atoms with Gasteiger partial charge in [0.15, 0.2) is 5.17 Å². The third-order valence-electron chi connectivity index (χ3n) is 2.61. The minimum atomic E-state index is 0.579. The number of hydrogen-bond donors (Lipinski definition) is 1. The van der Waals surface area contributed by atoms with Crippen molar-refractivity contribution in [1.82, 2.24) is 0 Å². The van der Waals surface area contributed by atoms with Crippen LogP contribution in [-0.4, -0.2) is 17.0 Å². The molecule has 1 aliphatic rings. The molecular weight excluding hydrogens is 320 g/mol. The van der Waals surface area contributed by atoms with Crippen molar-refractivity contribution in [2.24, 2.45) is 10.9 Å². The highest BCUT2D eigenvalue weighted by Gasteiger charge is 2.22. The average molecular weight is 334 g/mol. The molecule has 1 aromatic carbocycles. The van der Waals surface area contributed by atoms with Gasteiger partial charge in [-0.15, -0.1) is 0 Å². The largest absolute Gasteiger partial charge is 0.334 e. The Morgan fingerprint density at radius 3 is 2.94 bits per heavy atom. The highest BCUT2D eigenvalue weighted by molar-refractivity contribution is 9.10. The summed E-state index contributed by atoms with van der Waals surface area (Å²) in [5, 5.41) is 5.58. The van der Waals surface area contributed by atoms with E-state index in [1.54, 1.807) is 11.8 Å². The molecule has 1 unspecified atom stereocenters. The number of nitrogens with zero attached hydrogens (tertiary/aromatic N) is 1. The van der Waals surface area contributed by atoms with Gasteiger partial charge in [0.25, 0.3) is 0 Å². The van der Waals surface area contributed by atoms with Gasteiger partial charge < -0.3 is 5.32 Å². The molecule has 0 amide bonds. The van der Waals surface area contributed by atoms with Crippen molar-refractivity contribution in [3.63, 3.8) is 0 Å². The number of benzene rings is 1. The quantitative estimate of drug-likeness (QED) is 0.852. The number of halogens is 2. The van der Waals surface area contributed by atoms with E-state index in [1.165, 1.54) is 0 Å². The molecule has 0 bridgehead atoms. The zero-order valence-corrected chi connectivity index (χ0v) is 12.9. The van der Waals surface area contributed by atoms with Gasteiger partial charge in [-0.1, -0.05) is 43.3 Å². The number of hydrogen-bond acceptors (Lipinski definition) is 3. The summed E-state index contributed by atoms with van der Waals surface area (Å²) in [7, 11) is 0. The molecule has 1 aromatic rings. The first-order chi connectivity index (χ1) is 8.08. The fourth-order valence-corrected chi connectivity index (χ4v) is 3.09. The standard InChI is InChI=1S/C12H14BrClN2S/c1-7(2)10-6-15-12(17-10)16-9-5-3-4-8(14)11(9)13/h3-5,7,10H,6H2,1-2H3,(H,15,16). The zero-order chi connectivity index (χ0) is 12.4. The second-order valence-electron chi connectivity index (χ2n) is 4.27. The first-order valence-corrected chi connectivity index (χ1v) is 7.55. The Bertz CT molecular complexity index is 448. The lowest BCUT2D eigenvalue weighted by Crippen LogP contribution is -2.13. The van der Waals surface area contributed by atoms with Crippen LogP contribution in [0.5, 0.6) is 0 Å². The molecule has 0 saturated carbocycles. The maximum Gasteiger partial charge on any atom is 0.161 e. The summed E-state index contributed by atoms with van der Waals surface area (Å²) in [5.74, 6) is 0.644. The third kappa shape index (κ3) is 3.18. The Kier molecular flexibility index (Phi) is 4.39. The molecule has 1 N–H and O–H groups in total. The van der Waals surface area contributed by atoms with Gasteiger partial charge in [-0.2, -0.15) is 0 Å². The molecule has 1 atom stereocenters. The van der Waals surface area contributed by atoms with E-state index in [0.717, 1.165) is 21.9 Å². The van der Waals surface area contributed by atoms with Crippen molar-refractivity contribution in [1.29, 1.82) is 0 Å². The van der Waals surface area contributed by atoms with Crippen molar-refractivity contribution in [2.75, 3.05) is 11.9 Å². The number of amidine groups is 1. The van der Waals surface area contributed by atoms with Crippen LogP contribution in [0.4, 0.5) is 5.69 Å². The van der Waals surface area contributed by atoms with E-state index in [-0.39, 0.29) is 0 Å². The van der Waals surface area contributed by atoms with Crippen LogP contribution in [0.2, 0.25) is 5.02 Å². The van der Waals surface area contributed by atoms with Crippen LogP contribution in [0.25, 0.3) is 0 Å². The highest BCUT2D eigenvalue weighted by atomic mass is 79.9. The van der Waals surface area contributed by atoms with Crippen LogP contribution in [0.3, 0.4) is 0 Å². The third-order valence-corrected chi connectivity index (χ3v) is 5.46. The first kappa shape index (κ1) is 13.2. The van der Waals surface area contributed by atoms with E-state index in [9.17, 15) is 0 Å². The van der Waals surface area contributed by atoms with Crippen LogP contribution < -0.4 is 5.32 Å². The lowest BCUT2D eigenvalue weighted by atomic mass is 10.1. The number of thioether (sulfide) groups is 1. The molecule has 92 valence electrons. The number of aliphatic imine (C=N–C) groups is 1. The van der Waals surface area contributed by atoms with Gasteiger partial charge in [0.2, 0.25) is 0 Å². The van der Waals surface area contributed by atoms with Crippen molar-refractivity contribution >= 4 is 50.1 Å². The van der Waals surface area contributed by atoms with E-state index in [1.807, 2.05) is 18.2 Å². The Morgan fingerprint density at radius 2 is 2.29 bits per heavy atom. The predicted octanol–water partition coefficient (Wildman–Crippen LogP) is 4.64. The second-order valence-corrected chi connectivity index (χ2v) is 6.70. The Labute approximate surface area is 119 Å². The van der Waals surface area contributed by atoms with Gasteiger partial charge in [0, 0.05) is 5.25 Å². The van der Waals surface area contributed by atoms with Crippen LogP contribution >= 0.6 is 39.3 Å². The molecule has 2 rings (SSSR count). The van der Waals surface area contributed by atoms with Crippen LogP contribution in [-0.2, 0) is 0 Å². The average Bonchev–Trinajstić information content (AvgIpc) is 2.73. The van der Waals surface area contributed by atoms with Gasteiger partial charge in [-0.05, 0) is 34.0 Å². The summed E-state index contributed by atoms with van der Waals surface area (Å²) in [4.78, 5) is 4.51. The van der Waals surface area contributed by atoms with E-state index >= 15 is 0 Å². The molecule has 5 heteroatoms. The maximum absolute atomic E-state index is 6.04. The Balaban J connectivity index is 2.06. The molecule has 0 aliphatic carbocycles. The van der Waals surface area contributed by atoms with E-state index in [0.29, 0.717) is 16.2 Å². The van der Waals surface area contributed by atoms with Gasteiger partial charge >= 0.3 is 0 Å². The van der Waals surface area contributed by atoms with Gasteiger partial charge in [-0.3, -0.25) is 4.99 Å². The molecule has 1 aliphatic heterocycles. The number of anilines is 1. The smallest absolute Gasteiger partial charge is 0.161 e. The van der Waals surface area contributed by atoms with Crippen LogP contribution in [0.15, 0.2) is 27.7 Å². The van der Waals surface area contributed by atoms with Crippen LogP contribution in [0, 0.1) is 5.92 Å². The van der Waals surface area contributed by atoms with Crippen LogP contribution in [0.1, 0.15) is 13.8 Å². The Hall–Kier alpha value is -0.190.